The molecule has 13 heavy (non-hydrogen) atoms. The lowest BCUT2D eigenvalue weighted by Crippen LogP contribution is -2.46. The second-order valence-corrected chi connectivity index (χ2v) is 3.99. The summed E-state index contributed by atoms with van der Waals surface area (Å²) in [6, 6.07) is 0.671. The lowest BCUT2D eigenvalue weighted by Gasteiger charge is -2.35. The molecule has 1 aliphatic carbocycles. The molecule has 0 spiro atoms. The van der Waals surface area contributed by atoms with E-state index in [-0.39, 0.29) is 0 Å². The maximum Gasteiger partial charge on any atom is 0.0601 e. The standard InChI is InChI=1S/C10H21NO2/c1-8(7-12-2)6-11-9-4-10(5-9)13-3/h8-11H,4-7H2,1-3H3. The molecule has 3 heteroatoms. The molecule has 78 valence electrons. The van der Waals surface area contributed by atoms with Crippen molar-refractivity contribution < 1.29 is 9.47 Å². The number of hydrogen-bond acceptors (Lipinski definition) is 3. The van der Waals surface area contributed by atoms with Gasteiger partial charge in [-0.2, -0.15) is 0 Å². The van der Waals surface area contributed by atoms with Crippen molar-refractivity contribution in [2.24, 2.45) is 5.92 Å². The van der Waals surface area contributed by atoms with Crippen LogP contribution >= 0.6 is 0 Å². The van der Waals surface area contributed by atoms with Gasteiger partial charge in [0, 0.05) is 33.4 Å². The van der Waals surface area contributed by atoms with Crippen LogP contribution in [0.15, 0.2) is 0 Å². The summed E-state index contributed by atoms with van der Waals surface area (Å²) < 4.78 is 10.3. The number of nitrogens with one attached hydrogen (secondary N) is 1. The molecule has 0 bridgehead atoms. The number of hydrogen-bond donors (Lipinski definition) is 1. The Morgan fingerprint density at radius 1 is 1.38 bits per heavy atom. The normalized spacial score (nSPS) is 29.8. The van der Waals surface area contributed by atoms with Gasteiger partial charge in [0.25, 0.3) is 0 Å². The average molecular weight is 187 g/mol. The number of methoxy groups -OCH3 is 2. The Hall–Kier alpha value is -0.120. The minimum Gasteiger partial charge on any atom is -0.384 e. The maximum atomic E-state index is 5.21. The highest BCUT2D eigenvalue weighted by atomic mass is 16.5. The molecule has 0 amide bonds. The van der Waals surface area contributed by atoms with Crippen LogP contribution < -0.4 is 5.32 Å². The molecule has 0 aromatic heterocycles. The Balaban J connectivity index is 1.95. The van der Waals surface area contributed by atoms with E-state index in [1.54, 1.807) is 14.2 Å². The third kappa shape index (κ3) is 3.63. The summed E-state index contributed by atoms with van der Waals surface area (Å²) in [5, 5.41) is 3.51. The molecule has 3 nitrogen and oxygen atoms in total. The van der Waals surface area contributed by atoms with Crippen molar-refractivity contribution in [3.05, 3.63) is 0 Å². The van der Waals surface area contributed by atoms with Crippen LogP contribution in [0.2, 0.25) is 0 Å². The molecular weight excluding hydrogens is 166 g/mol. The summed E-state index contributed by atoms with van der Waals surface area (Å²) in [6.45, 7) is 4.09. The van der Waals surface area contributed by atoms with E-state index in [2.05, 4.69) is 12.2 Å². The van der Waals surface area contributed by atoms with Gasteiger partial charge < -0.3 is 14.8 Å². The van der Waals surface area contributed by atoms with Gasteiger partial charge in [0.15, 0.2) is 0 Å². The highest BCUT2D eigenvalue weighted by Gasteiger charge is 2.28. The lowest BCUT2D eigenvalue weighted by atomic mass is 9.89. The molecule has 1 fully saturated rings. The SMILES string of the molecule is COCC(C)CNC1CC(OC)C1. The minimum atomic E-state index is 0.496. The van der Waals surface area contributed by atoms with Crippen molar-refractivity contribution in [1.82, 2.24) is 5.32 Å². The topological polar surface area (TPSA) is 30.5 Å². The zero-order chi connectivity index (χ0) is 9.68. The Bertz CT molecular complexity index is 135. The first-order valence-electron chi connectivity index (χ1n) is 5.01. The highest BCUT2D eigenvalue weighted by Crippen LogP contribution is 2.22. The molecule has 1 unspecified atom stereocenters. The third-order valence-corrected chi connectivity index (χ3v) is 2.63. The van der Waals surface area contributed by atoms with Crippen molar-refractivity contribution in [2.45, 2.75) is 31.9 Å². The minimum absolute atomic E-state index is 0.496. The smallest absolute Gasteiger partial charge is 0.0601 e. The fraction of sp³-hybridized carbons (Fsp3) is 1.00. The van der Waals surface area contributed by atoms with Crippen LogP contribution in [-0.4, -0.2) is 39.5 Å². The summed E-state index contributed by atoms with van der Waals surface area (Å²) in [6.07, 6.45) is 2.82. The van der Waals surface area contributed by atoms with E-state index >= 15 is 0 Å². The van der Waals surface area contributed by atoms with Crippen LogP contribution in [0, 0.1) is 5.92 Å². The molecular formula is C10H21NO2. The van der Waals surface area contributed by atoms with Crippen molar-refractivity contribution in [2.75, 3.05) is 27.4 Å². The average Bonchev–Trinajstić information content (AvgIpc) is 2.02. The van der Waals surface area contributed by atoms with E-state index in [1.165, 1.54) is 0 Å². The Morgan fingerprint density at radius 3 is 2.62 bits per heavy atom. The Kier molecular flexibility index (Phi) is 4.70. The molecule has 0 heterocycles. The molecule has 1 atom stereocenters. The molecule has 0 radical (unpaired) electrons. The Labute approximate surface area is 80.8 Å². The first-order chi connectivity index (χ1) is 6.26. The number of rotatable bonds is 6. The second kappa shape index (κ2) is 5.58. The van der Waals surface area contributed by atoms with Gasteiger partial charge in [0.05, 0.1) is 6.10 Å². The van der Waals surface area contributed by atoms with Crippen molar-refractivity contribution in [1.29, 1.82) is 0 Å². The third-order valence-electron chi connectivity index (χ3n) is 2.63. The van der Waals surface area contributed by atoms with Gasteiger partial charge >= 0.3 is 0 Å². The van der Waals surface area contributed by atoms with E-state index in [0.717, 1.165) is 26.0 Å². The molecule has 1 N–H and O–H groups in total. The van der Waals surface area contributed by atoms with Crippen molar-refractivity contribution >= 4 is 0 Å². The predicted octanol–water partition coefficient (Wildman–Crippen LogP) is 1.04. The van der Waals surface area contributed by atoms with Crippen LogP contribution in [-0.2, 0) is 9.47 Å². The van der Waals surface area contributed by atoms with Gasteiger partial charge in [-0.1, -0.05) is 6.92 Å². The summed E-state index contributed by atoms with van der Waals surface area (Å²) in [4.78, 5) is 0. The molecule has 1 saturated carbocycles. The van der Waals surface area contributed by atoms with Crippen LogP contribution in [0.5, 0.6) is 0 Å². The van der Waals surface area contributed by atoms with Gasteiger partial charge in [-0.3, -0.25) is 0 Å². The first kappa shape index (κ1) is 11.0. The predicted molar refractivity (Wildman–Crippen MR) is 52.9 cm³/mol. The second-order valence-electron chi connectivity index (χ2n) is 3.99. The van der Waals surface area contributed by atoms with E-state index in [1.807, 2.05) is 0 Å². The van der Waals surface area contributed by atoms with Gasteiger partial charge in [-0.05, 0) is 18.8 Å². The molecule has 1 aliphatic rings. The summed E-state index contributed by atoms with van der Waals surface area (Å²) >= 11 is 0. The molecule has 0 saturated heterocycles. The van der Waals surface area contributed by atoms with E-state index in [0.29, 0.717) is 18.1 Å². The van der Waals surface area contributed by atoms with Crippen LogP contribution in [0.1, 0.15) is 19.8 Å². The van der Waals surface area contributed by atoms with Crippen molar-refractivity contribution in [3.8, 4) is 0 Å². The number of ether oxygens (including phenoxy) is 2. The van der Waals surface area contributed by atoms with Crippen LogP contribution in [0.25, 0.3) is 0 Å². The zero-order valence-corrected chi connectivity index (χ0v) is 8.88. The fourth-order valence-corrected chi connectivity index (χ4v) is 1.64. The molecule has 0 aromatic rings. The monoisotopic (exact) mass is 187 g/mol. The van der Waals surface area contributed by atoms with Crippen molar-refractivity contribution in [3.63, 3.8) is 0 Å². The van der Waals surface area contributed by atoms with E-state index in [9.17, 15) is 0 Å². The fourth-order valence-electron chi connectivity index (χ4n) is 1.64. The van der Waals surface area contributed by atoms with Gasteiger partial charge in [0.1, 0.15) is 0 Å². The molecule has 0 aromatic carbocycles. The highest BCUT2D eigenvalue weighted by molar-refractivity contribution is 4.85. The van der Waals surface area contributed by atoms with Crippen LogP contribution in [0.4, 0.5) is 0 Å². The summed E-state index contributed by atoms with van der Waals surface area (Å²) in [5.41, 5.74) is 0. The maximum absolute atomic E-state index is 5.21. The summed E-state index contributed by atoms with van der Waals surface area (Å²) in [5.74, 6) is 0.603. The zero-order valence-electron chi connectivity index (χ0n) is 8.88. The largest absolute Gasteiger partial charge is 0.384 e. The van der Waals surface area contributed by atoms with E-state index in [4.69, 9.17) is 9.47 Å². The van der Waals surface area contributed by atoms with Gasteiger partial charge in [-0.15, -0.1) is 0 Å². The summed E-state index contributed by atoms with van der Waals surface area (Å²) in [7, 11) is 3.54. The molecule has 0 aliphatic heterocycles. The first-order valence-corrected chi connectivity index (χ1v) is 5.01. The van der Waals surface area contributed by atoms with E-state index < -0.39 is 0 Å². The van der Waals surface area contributed by atoms with Gasteiger partial charge in [0.2, 0.25) is 0 Å². The molecule has 1 rings (SSSR count). The van der Waals surface area contributed by atoms with Crippen LogP contribution in [0.3, 0.4) is 0 Å². The lowest BCUT2D eigenvalue weighted by molar-refractivity contribution is 0.0156. The van der Waals surface area contributed by atoms with Gasteiger partial charge in [-0.25, -0.2) is 0 Å². The Morgan fingerprint density at radius 2 is 2.08 bits per heavy atom. The quantitative estimate of drug-likeness (QED) is 0.674.